The molecule has 1 aromatic rings. The van der Waals surface area contributed by atoms with E-state index < -0.39 is 0 Å². The molecule has 0 spiro atoms. The van der Waals surface area contributed by atoms with Crippen LogP contribution in [0.3, 0.4) is 0 Å². The predicted molar refractivity (Wildman–Crippen MR) is 56.1 cm³/mol. The molecule has 1 rings (SSSR count). The molecule has 0 heterocycles. The van der Waals surface area contributed by atoms with Crippen LogP contribution in [0, 0.1) is 0 Å². The number of rotatable bonds is 2. The number of benzene rings is 1. The summed E-state index contributed by atoms with van der Waals surface area (Å²) in [6, 6.07) is 7.73. The van der Waals surface area contributed by atoms with E-state index >= 15 is 0 Å². The fourth-order valence-electron chi connectivity index (χ4n) is 0.740. The summed E-state index contributed by atoms with van der Waals surface area (Å²) in [5.41, 5.74) is 11.2. The number of nitrogens with zero attached hydrogens (tertiary/aromatic N) is 1. The van der Waals surface area contributed by atoms with Crippen molar-refractivity contribution in [2.24, 2.45) is 16.6 Å². The lowest BCUT2D eigenvalue weighted by molar-refractivity contribution is -0.456. The Balaban J connectivity index is 2.70. The minimum absolute atomic E-state index is 0.00774. The summed E-state index contributed by atoms with van der Waals surface area (Å²) in [5, 5.41) is 6.22. The molecule has 0 unspecified atom stereocenters. The Hall–Kier alpha value is -1.36. The second kappa shape index (κ2) is 4.61. The van der Waals surface area contributed by atoms with Crippen LogP contribution in [-0.2, 0) is 0 Å². The molecular formula is C8H10BrN4+. The topological polar surface area (TPSA) is 78.4 Å². The molecular weight excluding hydrogens is 232 g/mol. The van der Waals surface area contributed by atoms with Crippen LogP contribution in [0.15, 0.2) is 33.8 Å². The van der Waals surface area contributed by atoms with Crippen molar-refractivity contribution in [1.82, 2.24) is 0 Å². The Morgan fingerprint density at radius 3 is 2.46 bits per heavy atom. The molecule has 1 aromatic carbocycles. The first-order valence-corrected chi connectivity index (χ1v) is 4.41. The molecule has 5 heteroatoms. The van der Waals surface area contributed by atoms with Crippen LogP contribution in [0.4, 0.5) is 0 Å². The fraction of sp³-hybridized carbons (Fsp3) is 0. The average molecular weight is 242 g/mol. The van der Waals surface area contributed by atoms with Gasteiger partial charge in [0, 0.05) is 15.1 Å². The minimum Gasteiger partial charge on any atom is -0.365 e. The second-order valence-corrected chi connectivity index (χ2v) is 3.28. The molecule has 0 radical (unpaired) electrons. The molecule has 13 heavy (non-hydrogen) atoms. The summed E-state index contributed by atoms with van der Waals surface area (Å²) in [7, 11) is 0. The van der Waals surface area contributed by atoms with Crippen LogP contribution in [0.1, 0.15) is 5.56 Å². The van der Waals surface area contributed by atoms with Crippen molar-refractivity contribution < 1.29 is 5.10 Å². The highest BCUT2D eigenvalue weighted by atomic mass is 79.9. The van der Waals surface area contributed by atoms with Gasteiger partial charge in [-0.15, -0.1) is 5.10 Å². The van der Waals surface area contributed by atoms with Crippen LogP contribution >= 0.6 is 15.9 Å². The molecule has 5 N–H and O–H groups in total. The molecule has 4 nitrogen and oxygen atoms in total. The third-order valence-corrected chi connectivity index (χ3v) is 1.82. The molecule has 0 aliphatic rings. The quantitative estimate of drug-likeness (QED) is 0.358. The van der Waals surface area contributed by atoms with Gasteiger partial charge in [-0.3, -0.25) is 0 Å². The Bertz CT molecular complexity index is 325. The van der Waals surface area contributed by atoms with Gasteiger partial charge in [-0.1, -0.05) is 15.9 Å². The van der Waals surface area contributed by atoms with Crippen LogP contribution < -0.4 is 16.6 Å². The predicted octanol–water partition coefficient (Wildman–Crippen LogP) is -0.863. The summed E-state index contributed by atoms with van der Waals surface area (Å²) in [6.07, 6.45) is 1.70. The summed E-state index contributed by atoms with van der Waals surface area (Å²) >= 11 is 3.33. The zero-order chi connectivity index (χ0) is 9.68. The first-order valence-electron chi connectivity index (χ1n) is 3.61. The van der Waals surface area contributed by atoms with Crippen molar-refractivity contribution in [3.63, 3.8) is 0 Å². The smallest absolute Gasteiger partial charge is 0.256 e. The van der Waals surface area contributed by atoms with E-state index in [1.165, 1.54) is 0 Å². The number of halogens is 1. The standard InChI is InChI=1S/C8H9BrN4/c9-7-3-1-6(2-4-7)5-12-13-8(10)11/h1-5H,(H4,10,11,13)/p+1/b12-5-. The van der Waals surface area contributed by atoms with Gasteiger partial charge in [0.05, 0.1) is 0 Å². The molecule has 0 aromatic heterocycles. The molecule has 0 atom stereocenters. The third-order valence-electron chi connectivity index (χ3n) is 1.29. The van der Waals surface area contributed by atoms with E-state index in [0.29, 0.717) is 0 Å². The number of nitrogens with two attached hydrogens (primary N) is 2. The first kappa shape index (κ1) is 9.73. The number of hydrogen-bond acceptors (Lipinski definition) is 1. The lowest BCUT2D eigenvalue weighted by atomic mass is 10.2. The van der Waals surface area contributed by atoms with Gasteiger partial charge in [0.1, 0.15) is 0 Å². The van der Waals surface area contributed by atoms with E-state index in [0.717, 1.165) is 10.0 Å². The highest BCUT2D eigenvalue weighted by Crippen LogP contribution is 2.08. The van der Waals surface area contributed by atoms with Gasteiger partial charge in [0.25, 0.3) is 5.96 Å². The number of nitrogens with one attached hydrogen (secondary N) is 1. The summed E-state index contributed by atoms with van der Waals surface area (Å²) in [5.74, 6) is 0.00774. The van der Waals surface area contributed by atoms with Gasteiger partial charge in [-0.25, -0.2) is 0 Å². The maximum absolute atomic E-state index is 5.12. The van der Waals surface area contributed by atoms with E-state index in [9.17, 15) is 0 Å². The number of hydrogen-bond donors (Lipinski definition) is 3. The largest absolute Gasteiger partial charge is 0.365 e. The molecule has 0 aliphatic carbocycles. The maximum atomic E-state index is 5.12. The molecule has 0 bridgehead atoms. The molecule has 0 aliphatic heterocycles. The monoisotopic (exact) mass is 241 g/mol. The number of guanidine groups is 1. The third kappa shape index (κ3) is 3.71. The van der Waals surface area contributed by atoms with Crippen LogP contribution in [0.5, 0.6) is 0 Å². The van der Waals surface area contributed by atoms with Crippen molar-refractivity contribution >= 4 is 28.1 Å². The van der Waals surface area contributed by atoms with Crippen LogP contribution in [-0.4, -0.2) is 12.2 Å². The van der Waals surface area contributed by atoms with E-state index in [-0.39, 0.29) is 5.96 Å². The van der Waals surface area contributed by atoms with Gasteiger partial charge in [-0.2, -0.15) is 0 Å². The molecule has 0 saturated heterocycles. The maximum Gasteiger partial charge on any atom is 0.256 e. The molecule has 0 saturated carbocycles. The van der Waals surface area contributed by atoms with Crippen molar-refractivity contribution in [2.45, 2.75) is 0 Å². The van der Waals surface area contributed by atoms with Crippen molar-refractivity contribution in [3.05, 3.63) is 34.3 Å². The number of hydrazone groups is 1. The zero-order valence-electron chi connectivity index (χ0n) is 6.87. The average Bonchev–Trinajstić information content (AvgIpc) is 2.08. The summed E-state index contributed by atoms with van der Waals surface area (Å²) in [6.45, 7) is 0. The highest BCUT2D eigenvalue weighted by Gasteiger charge is 1.90. The molecule has 0 amide bonds. The van der Waals surface area contributed by atoms with E-state index in [4.69, 9.17) is 11.5 Å². The minimum atomic E-state index is 0.00774. The van der Waals surface area contributed by atoms with Crippen molar-refractivity contribution in [2.75, 3.05) is 0 Å². The van der Waals surface area contributed by atoms with E-state index in [2.05, 4.69) is 26.1 Å². The Morgan fingerprint density at radius 1 is 1.31 bits per heavy atom. The van der Waals surface area contributed by atoms with Gasteiger partial charge in [0.15, 0.2) is 0 Å². The van der Waals surface area contributed by atoms with Gasteiger partial charge in [0.2, 0.25) is 6.21 Å². The Labute approximate surface area is 84.5 Å². The summed E-state index contributed by atoms with van der Waals surface area (Å²) in [4.78, 5) is 0. The van der Waals surface area contributed by atoms with Crippen LogP contribution in [0.2, 0.25) is 0 Å². The lowest BCUT2D eigenvalue weighted by Crippen LogP contribution is -2.63. The van der Waals surface area contributed by atoms with E-state index in [1.807, 2.05) is 24.3 Å². The SMILES string of the molecule is NC(N)=N/[NH+]=C\c1ccc(Br)cc1. The highest BCUT2D eigenvalue weighted by molar-refractivity contribution is 9.10. The summed E-state index contributed by atoms with van der Waals surface area (Å²) < 4.78 is 1.03. The Kier molecular flexibility index (Phi) is 3.45. The normalized spacial score (nSPS) is 10.2. The van der Waals surface area contributed by atoms with Gasteiger partial charge < -0.3 is 11.5 Å². The first-order chi connectivity index (χ1) is 6.18. The van der Waals surface area contributed by atoms with Crippen molar-refractivity contribution in [3.8, 4) is 0 Å². The lowest BCUT2D eigenvalue weighted by Gasteiger charge is -1.88. The zero-order valence-corrected chi connectivity index (χ0v) is 8.45. The van der Waals surface area contributed by atoms with E-state index in [1.54, 1.807) is 6.21 Å². The molecule has 0 fully saturated rings. The van der Waals surface area contributed by atoms with Crippen molar-refractivity contribution in [1.29, 1.82) is 0 Å². The van der Waals surface area contributed by atoms with Gasteiger partial charge >= 0.3 is 0 Å². The van der Waals surface area contributed by atoms with Crippen LogP contribution in [0.25, 0.3) is 0 Å². The second-order valence-electron chi connectivity index (χ2n) is 2.36. The van der Waals surface area contributed by atoms with Gasteiger partial charge in [-0.05, 0) is 24.3 Å². The Morgan fingerprint density at radius 2 is 1.92 bits per heavy atom. The molecule has 68 valence electrons. The fourth-order valence-corrected chi connectivity index (χ4v) is 1.00.